The molecule has 0 radical (unpaired) electrons. The van der Waals surface area contributed by atoms with Crippen LogP contribution in [0.25, 0.3) is 43.1 Å². The molecular weight excluding hydrogens is 1450 g/mol. The first kappa shape index (κ1) is 102. The molecule has 11 heteroatoms. The van der Waals surface area contributed by atoms with E-state index in [9.17, 15) is 10.5 Å². The minimum Gasteiger partial charge on any atom is -0.872 e. The second-order valence-electron chi connectivity index (χ2n) is 34.6. The summed E-state index contributed by atoms with van der Waals surface area (Å²) >= 11 is 0. The van der Waals surface area contributed by atoms with Gasteiger partial charge in [0.25, 0.3) is 0 Å². The Hall–Kier alpha value is -7.39. The molecule has 0 spiro atoms. The van der Waals surface area contributed by atoms with Crippen molar-refractivity contribution >= 4 is 45.6 Å². The summed E-state index contributed by atoms with van der Waals surface area (Å²) in [6, 6.07) is 53.7. The van der Waals surface area contributed by atoms with Crippen LogP contribution in [0.3, 0.4) is 0 Å². The fourth-order valence-corrected chi connectivity index (χ4v) is 11.6. The van der Waals surface area contributed by atoms with E-state index < -0.39 is 0 Å². The quantitative estimate of drug-likeness (QED) is 0.0723. The van der Waals surface area contributed by atoms with Crippen LogP contribution in [0, 0.1) is 103 Å². The topological polar surface area (TPSA) is 139 Å². The van der Waals surface area contributed by atoms with Gasteiger partial charge in [0.15, 0.2) is 0 Å². The Morgan fingerprint density at radius 3 is 0.706 bits per heavy atom. The molecule has 1 aliphatic rings. The summed E-state index contributed by atoms with van der Waals surface area (Å²) in [5.41, 5.74) is 26.6. The Morgan fingerprint density at radius 1 is 0.330 bits per heavy atom. The van der Waals surface area contributed by atoms with Crippen LogP contribution in [0.15, 0.2) is 188 Å². The van der Waals surface area contributed by atoms with Gasteiger partial charge in [-0.2, -0.15) is 5.71 Å². The third-order valence-corrected chi connectivity index (χ3v) is 14.8. The Balaban J connectivity index is 0.00000125. The predicted octanol–water partition coefficient (Wildman–Crippen LogP) is 29.9. The molecule has 1 aliphatic carbocycles. The molecule has 0 saturated carbocycles. The summed E-state index contributed by atoms with van der Waals surface area (Å²) in [6.07, 6.45) is 7.34. The van der Waals surface area contributed by atoms with Gasteiger partial charge in [-0.25, -0.2) is 0 Å². The van der Waals surface area contributed by atoms with Gasteiger partial charge >= 0.3 is 42.8 Å². The summed E-state index contributed by atoms with van der Waals surface area (Å²) in [6.45, 7) is 73.0. The Labute approximate surface area is 694 Å². The van der Waals surface area contributed by atoms with E-state index in [-0.39, 0.29) is 87.7 Å². The van der Waals surface area contributed by atoms with Crippen LogP contribution in [-0.4, -0.2) is 52.2 Å². The van der Waals surface area contributed by atoms with Crippen LogP contribution in [0.4, 0.5) is 34.1 Å². The average molecular weight is 1590 g/mol. The molecule has 109 heavy (non-hydrogen) atoms. The normalized spacial score (nSPS) is 12.2. The Morgan fingerprint density at radius 2 is 0.532 bits per heavy atom. The number of aryl methyl sites for hydroxylation is 14. The summed E-state index contributed by atoms with van der Waals surface area (Å²) in [5.74, 6) is -0.217. The zero-order valence-corrected chi connectivity index (χ0v) is 77.2. The van der Waals surface area contributed by atoms with E-state index in [1.54, 1.807) is 12.2 Å². The summed E-state index contributed by atoms with van der Waals surface area (Å²) in [5, 5.41) is 50.8. The SMILES string of the molecule is CCOCC.Cc1cc(C)cc([N-]C(C)(C)C)c1.Cc1cc(C)cc([N-]C(C)(C)C)c1.Cc1cc(C)cc([N-]C(C)(C)C)c1.Cc1cc(C)cc([N-]C(C)(C)C)c1.Cc1cc(C)cc([N-]C(C)(C)C)c1.Cc1cc(C)cc([N-]C(C)(C)C)c1.Cc1cccc(C)c1C(=[N-])C1C=CC(=C([O-])c2ccccc2)C=C1.[Mo+4].[Ti+4]. The summed E-state index contributed by atoms with van der Waals surface area (Å²) in [7, 11) is 0. The molecule has 9 rings (SSSR count). The van der Waals surface area contributed by atoms with Crippen LogP contribution in [0.5, 0.6) is 0 Å². The van der Waals surface area contributed by atoms with Gasteiger partial charge in [-0.05, 0) is 145 Å². The van der Waals surface area contributed by atoms with Gasteiger partial charge in [0, 0.05) is 13.2 Å². The van der Waals surface area contributed by atoms with E-state index >= 15 is 0 Å². The standard InChI is InChI=1S/C22H20NO.6C12H18N.C4H10O.Mo.Ti/c1-15-7-6-8-16(2)20(15)21(23)17-11-13-19(14-12-17)22(24)18-9-4-3-5-10-18;6*1-9-6-10(2)8-11(7-9)13-12(3,4)5;1-3-5-4-2;;/h3-14,17,24H,1-2H3;6*6-8H,1-5H3;3-4H2,1-2H3;;/q7*-1;;2*+4/p-1. The number of hydrogen-bond acceptors (Lipinski definition) is 2. The van der Waals surface area contributed by atoms with E-state index in [4.69, 9.17) is 4.74 Å². The molecule has 0 fully saturated rings. The maximum atomic E-state index is 12.4. The maximum Gasteiger partial charge on any atom is 4.00 e. The smallest absolute Gasteiger partial charge is 0.872 e. The third kappa shape index (κ3) is 46.8. The van der Waals surface area contributed by atoms with Crippen molar-refractivity contribution in [3.63, 3.8) is 0 Å². The van der Waals surface area contributed by atoms with Crippen molar-refractivity contribution in [2.45, 2.75) is 269 Å². The molecule has 0 N–H and O–H groups in total. The van der Waals surface area contributed by atoms with Gasteiger partial charge in [0.1, 0.15) is 0 Å². The van der Waals surface area contributed by atoms with Crippen molar-refractivity contribution in [1.82, 2.24) is 0 Å². The second-order valence-corrected chi connectivity index (χ2v) is 34.6. The van der Waals surface area contributed by atoms with Gasteiger partial charge in [-0.1, -0.05) is 379 Å². The zero-order valence-electron chi connectivity index (χ0n) is 73.7. The monoisotopic (exact) mass is 1590 g/mol. The van der Waals surface area contributed by atoms with Crippen LogP contribution in [0.2, 0.25) is 0 Å². The number of rotatable bonds is 11. The van der Waals surface area contributed by atoms with Gasteiger partial charge < -0.3 is 47.2 Å². The fourth-order valence-electron chi connectivity index (χ4n) is 11.6. The van der Waals surface area contributed by atoms with Gasteiger partial charge in [0.05, 0.1) is 0 Å². The second kappa shape index (κ2) is 47.1. The largest absolute Gasteiger partial charge is 4.00 e. The van der Waals surface area contributed by atoms with Crippen molar-refractivity contribution in [1.29, 1.82) is 0 Å². The number of ether oxygens (including phenoxy) is 1. The van der Waals surface area contributed by atoms with E-state index in [1.807, 2.05) is 88.4 Å². The molecule has 0 heterocycles. The van der Waals surface area contributed by atoms with Gasteiger partial charge in [-0.15, -0.1) is 67.4 Å². The molecule has 0 atom stereocenters. The Bertz CT molecular complexity index is 3490. The molecule has 8 aromatic carbocycles. The number of benzene rings is 8. The molecule has 0 bridgehead atoms. The minimum absolute atomic E-state index is 0. The molecule has 586 valence electrons. The predicted molar refractivity (Wildman–Crippen MR) is 473 cm³/mol. The van der Waals surface area contributed by atoms with Crippen molar-refractivity contribution in [2.24, 2.45) is 5.92 Å². The van der Waals surface area contributed by atoms with E-state index in [0.717, 1.165) is 64.0 Å². The van der Waals surface area contributed by atoms with E-state index in [2.05, 4.69) is 349 Å². The molecule has 8 aromatic rings. The first-order chi connectivity index (χ1) is 49.2. The number of hydrogen-bond donors (Lipinski definition) is 0. The van der Waals surface area contributed by atoms with Crippen LogP contribution in [0.1, 0.15) is 227 Å². The van der Waals surface area contributed by atoms with E-state index in [1.165, 1.54) is 66.8 Å². The molecule has 0 aromatic heterocycles. The fraction of sp³-hybridized carbons (Fsp3) is 0.439. The van der Waals surface area contributed by atoms with Gasteiger partial charge in [-0.3, -0.25) is 0 Å². The third-order valence-electron chi connectivity index (χ3n) is 14.8. The molecule has 9 nitrogen and oxygen atoms in total. The Kier molecular flexibility index (Phi) is 43.9. The minimum atomic E-state index is -0.211. The van der Waals surface area contributed by atoms with Crippen molar-refractivity contribution < 1.29 is 52.6 Å². The maximum absolute atomic E-state index is 12.4. The van der Waals surface area contributed by atoms with Crippen molar-refractivity contribution in [3.8, 4) is 0 Å². The zero-order chi connectivity index (χ0) is 81.6. The molecule has 0 amide bonds. The van der Waals surface area contributed by atoms with Crippen molar-refractivity contribution in [2.75, 3.05) is 13.2 Å². The van der Waals surface area contributed by atoms with Crippen LogP contribution >= 0.6 is 0 Å². The summed E-state index contributed by atoms with van der Waals surface area (Å²) < 4.78 is 4.83. The first-order valence-electron chi connectivity index (χ1n) is 38.1. The first-order valence-corrected chi connectivity index (χ1v) is 38.1. The molecule has 0 aliphatic heterocycles. The summed E-state index contributed by atoms with van der Waals surface area (Å²) in [4.78, 5) is 0. The van der Waals surface area contributed by atoms with Crippen LogP contribution in [-0.2, 0) is 47.5 Å². The van der Waals surface area contributed by atoms with Crippen LogP contribution < -0.4 is 5.11 Å². The van der Waals surface area contributed by atoms with Gasteiger partial charge in [0.2, 0.25) is 0 Å². The number of allylic oxidation sites excluding steroid dienone is 5. The average Bonchev–Trinajstić information content (AvgIpc) is 0.810. The van der Waals surface area contributed by atoms with Crippen molar-refractivity contribution in [3.05, 3.63) is 314 Å². The molecule has 0 unspecified atom stereocenters. The molecule has 0 saturated heterocycles. The number of nitrogens with zero attached hydrogens (tertiary/aromatic N) is 7. The molecular formula is C98H137MoN7O2Ti. The van der Waals surface area contributed by atoms with E-state index in [0.29, 0.717) is 16.8 Å².